The fourth-order valence-corrected chi connectivity index (χ4v) is 1.35. The highest BCUT2D eigenvalue weighted by Crippen LogP contribution is 2.14. The van der Waals surface area contributed by atoms with Crippen LogP contribution in [0.2, 0.25) is 0 Å². The van der Waals surface area contributed by atoms with Gasteiger partial charge in [-0.25, -0.2) is 4.98 Å². The lowest BCUT2D eigenvalue weighted by Gasteiger charge is -2.03. The molecule has 0 aliphatic heterocycles. The molecule has 2 aromatic heterocycles. The number of nitrogens with one attached hydrogen (secondary N) is 1. The summed E-state index contributed by atoms with van der Waals surface area (Å²) >= 11 is 0. The minimum absolute atomic E-state index is 0.190. The highest BCUT2D eigenvalue weighted by molar-refractivity contribution is 5.71. The van der Waals surface area contributed by atoms with Gasteiger partial charge in [0, 0.05) is 6.07 Å². The van der Waals surface area contributed by atoms with Crippen molar-refractivity contribution >= 4 is 11.2 Å². The van der Waals surface area contributed by atoms with E-state index < -0.39 is 0 Å². The SMILES string of the molecule is COc1ccc2[nH]c(COC(C)C)nc2n1. The summed E-state index contributed by atoms with van der Waals surface area (Å²) in [5.41, 5.74) is 1.55. The van der Waals surface area contributed by atoms with E-state index >= 15 is 0 Å². The summed E-state index contributed by atoms with van der Waals surface area (Å²) in [5.74, 6) is 1.35. The van der Waals surface area contributed by atoms with Gasteiger partial charge in [0.05, 0.1) is 18.7 Å². The number of hydrogen-bond acceptors (Lipinski definition) is 4. The van der Waals surface area contributed by atoms with Crippen molar-refractivity contribution in [2.45, 2.75) is 26.6 Å². The zero-order valence-corrected chi connectivity index (χ0v) is 9.65. The Hall–Kier alpha value is -1.62. The van der Waals surface area contributed by atoms with Crippen LogP contribution >= 0.6 is 0 Å². The van der Waals surface area contributed by atoms with Crippen LogP contribution in [0.25, 0.3) is 11.2 Å². The van der Waals surface area contributed by atoms with Gasteiger partial charge in [-0.05, 0) is 19.9 Å². The fraction of sp³-hybridized carbons (Fsp3) is 0.455. The lowest BCUT2D eigenvalue weighted by Crippen LogP contribution is -2.03. The molecular formula is C11H15N3O2. The van der Waals surface area contributed by atoms with E-state index in [1.807, 2.05) is 19.9 Å². The maximum Gasteiger partial charge on any atom is 0.215 e. The van der Waals surface area contributed by atoms with Gasteiger partial charge >= 0.3 is 0 Å². The lowest BCUT2D eigenvalue weighted by atomic mass is 10.4. The first-order chi connectivity index (χ1) is 7.69. The molecule has 0 bridgehead atoms. The zero-order valence-electron chi connectivity index (χ0n) is 9.65. The molecule has 0 unspecified atom stereocenters. The maximum absolute atomic E-state index is 5.46. The molecule has 2 aromatic rings. The van der Waals surface area contributed by atoms with Gasteiger partial charge in [-0.1, -0.05) is 0 Å². The molecule has 16 heavy (non-hydrogen) atoms. The summed E-state index contributed by atoms with van der Waals surface area (Å²) in [4.78, 5) is 11.7. The molecule has 0 aromatic carbocycles. The molecule has 5 heteroatoms. The van der Waals surface area contributed by atoms with Crippen molar-refractivity contribution in [2.75, 3.05) is 7.11 Å². The Labute approximate surface area is 93.8 Å². The summed E-state index contributed by atoms with van der Waals surface area (Å²) in [6.45, 7) is 4.45. The molecule has 0 saturated heterocycles. The number of pyridine rings is 1. The Morgan fingerprint density at radius 2 is 2.12 bits per heavy atom. The van der Waals surface area contributed by atoms with Crippen molar-refractivity contribution in [3.8, 4) is 5.88 Å². The normalized spacial score (nSPS) is 11.2. The third-order valence-corrected chi connectivity index (χ3v) is 2.13. The molecule has 0 amide bonds. The predicted molar refractivity (Wildman–Crippen MR) is 60.4 cm³/mol. The van der Waals surface area contributed by atoms with Gasteiger partial charge < -0.3 is 14.5 Å². The first-order valence-electron chi connectivity index (χ1n) is 5.20. The number of rotatable bonds is 4. The van der Waals surface area contributed by atoms with Crippen LogP contribution in [0.15, 0.2) is 12.1 Å². The van der Waals surface area contributed by atoms with E-state index in [0.29, 0.717) is 18.1 Å². The molecule has 1 N–H and O–H groups in total. The Balaban J connectivity index is 2.22. The van der Waals surface area contributed by atoms with E-state index in [0.717, 1.165) is 11.3 Å². The molecule has 0 fully saturated rings. The van der Waals surface area contributed by atoms with Crippen molar-refractivity contribution in [2.24, 2.45) is 0 Å². The van der Waals surface area contributed by atoms with Gasteiger partial charge in [-0.3, -0.25) is 0 Å². The Kier molecular flexibility index (Phi) is 3.05. The van der Waals surface area contributed by atoms with Crippen LogP contribution in [0.1, 0.15) is 19.7 Å². The Bertz CT molecular complexity index is 479. The van der Waals surface area contributed by atoms with Gasteiger partial charge in [0.15, 0.2) is 5.65 Å². The zero-order chi connectivity index (χ0) is 11.5. The average molecular weight is 221 g/mol. The molecule has 0 radical (unpaired) electrons. The summed E-state index contributed by atoms with van der Waals surface area (Å²) in [5, 5.41) is 0. The number of hydrogen-bond donors (Lipinski definition) is 1. The van der Waals surface area contributed by atoms with Crippen LogP contribution in [0.3, 0.4) is 0 Å². The number of aromatic amines is 1. The molecular weight excluding hydrogens is 206 g/mol. The van der Waals surface area contributed by atoms with Gasteiger partial charge in [-0.2, -0.15) is 4.98 Å². The summed E-state index contributed by atoms with van der Waals surface area (Å²) < 4.78 is 10.5. The van der Waals surface area contributed by atoms with Gasteiger partial charge in [0.25, 0.3) is 0 Å². The topological polar surface area (TPSA) is 60.0 Å². The molecule has 2 rings (SSSR count). The minimum Gasteiger partial charge on any atom is -0.481 e. The fourth-order valence-electron chi connectivity index (χ4n) is 1.35. The van der Waals surface area contributed by atoms with E-state index in [1.165, 1.54) is 0 Å². The molecule has 0 saturated carbocycles. The van der Waals surface area contributed by atoms with E-state index in [2.05, 4.69) is 15.0 Å². The monoisotopic (exact) mass is 221 g/mol. The molecule has 0 aliphatic rings. The van der Waals surface area contributed by atoms with Crippen molar-refractivity contribution < 1.29 is 9.47 Å². The minimum atomic E-state index is 0.190. The largest absolute Gasteiger partial charge is 0.481 e. The van der Waals surface area contributed by atoms with Crippen LogP contribution < -0.4 is 4.74 Å². The van der Waals surface area contributed by atoms with Crippen LogP contribution in [0.4, 0.5) is 0 Å². The molecule has 0 atom stereocenters. The molecule has 5 nitrogen and oxygen atoms in total. The number of nitrogens with zero attached hydrogens (tertiary/aromatic N) is 2. The van der Waals surface area contributed by atoms with Gasteiger partial charge in [0.1, 0.15) is 12.4 Å². The highest BCUT2D eigenvalue weighted by Gasteiger charge is 2.06. The second-order valence-electron chi connectivity index (χ2n) is 3.77. The smallest absolute Gasteiger partial charge is 0.215 e. The number of imidazole rings is 1. The molecule has 2 heterocycles. The summed E-state index contributed by atoms with van der Waals surface area (Å²) in [7, 11) is 1.59. The van der Waals surface area contributed by atoms with Crippen molar-refractivity contribution in [3.63, 3.8) is 0 Å². The van der Waals surface area contributed by atoms with E-state index in [9.17, 15) is 0 Å². The van der Waals surface area contributed by atoms with Crippen LogP contribution in [0, 0.1) is 0 Å². The number of methoxy groups -OCH3 is 1. The number of ether oxygens (including phenoxy) is 2. The number of fused-ring (bicyclic) bond motifs is 1. The van der Waals surface area contributed by atoms with Crippen LogP contribution in [0.5, 0.6) is 5.88 Å². The maximum atomic E-state index is 5.46. The third kappa shape index (κ3) is 2.30. The number of H-pyrrole nitrogens is 1. The standard InChI is InChI=1S/C11H15N3O2/c1-7(2)16-6-9-12-8-4-5-10(15-3)14-11(8)13-9/h4-5,7H,6H2,1-3H3,(H,12,13,14). The summed E-state index contributed by atoms with van der Waals surface area (Å²) in [6.07, 6.45) is 0.190. The molecule has 0 aliphatic carbocycles. The quantitative estimate of drug-likeness (QED) is 0.856. The second kappa shape index (κ2) is 4.49. The first-order valence-corrected chi connectivity index (χ1v) is 5.20. The highest BCUT2D eigenvalue weighted by atomic mass is 16.5. The van der Waals surface area contributed by atoms with E-state index in [1.54, 1.807) is 13.2 Å². The average Bonchev–Trinajstić information content (AvgIpc) is 2.67. The van der Waals surface area contributed by atoms with Crippen molar-refractivity contribution in [1.82, 2.24) is 15.0 Å². The Morgan fingerprint density at radius 3 is 2.81 bits per heavy atom. The lowest BCUT2D eigenvalue weighted by molar-refractivity contribution is 0.0618. The van der Waals surface area contributed by atoms with Gasteiger partial charge in [-0.15, -0.1) is 0 Å². The first kappa shape index (κ1) is 10.9. The van der Waals surface area contributed by atoms with E-state index in [-0.39, 0.29) is 6.10 Å². The van der Waals surface area contributed by atoms with Crippen molar-refractivity contribution in [1.29, 1.82) is 0 Å². The number of aromatic nitrogens is 3. The predicted octanol–water partition coefficient (Wildman–Crippen LogP) is 1.89. The van der Waals surface area contributed by atoms with Gasteiger partial charge in [0.2, 0.25) is 5.88 Å². The third-order valence-electron chi connectivity index (χ3n) is 2.13. The summed E-state index contributed by atoms with van der Waals surface area (Å²) in [6, 6.07) is 3.70. The second-order valence-corrected chi connectivity index (χ2v) is 3.77. The molecule has 0 spiro atoms. The Morgan fingerprint density at radius 1 is 1.31 bits per heavy atom. The van der Waals surface area contributed by atoms with Crippen LogP contribution in [-0.2, 0) is 11.3 Å². The van der Waals surface area contributed by atoms with Crippen LogP contribution in [-0.4, -0.2) is 28.2 Å². The molecule has 86 valence electrons. The van der Waals surface area contributed by atoms with E-state index in [4.69, 9.17) is 9.47 Å². The van der Waals surface area contributed by atoms with Crippen molar-refractivity contribution in [3.05, 3.63) is 18.0 Å².